The number of aromatic amines is 1. The molecule has 0 unspecified atom stereocenters. The number of para-hydroxylation sites is 1. The van der Waals surface area contributed by atoms with E-state index < -0.39 is 0 Å². The first kappa shape index (κ1) is 16.6. The highest BCUT2D eigenvalue weighted by Gasteiger charge is 2.23. The lowest BCUT2D eigenvalue weighted by Crippen LogP contribution is -2.18. The molecule has 1 N–H and O–H groups in total. The fourth-order valence-corrected chi connectivity index (χ4v) is 4.88. The third-order valence-corrected chi connectivity index (χ3v) is 6.23. The average Bonchev–Trinajstić information content (AvgIpc) is 3.24. The smallest absolute Gasteiger partial charge is 0.241 e. The minimum absolute atomic E-state index is 0.135. The normalized spacial score (nSPS) is 14.0. The molecule has 0 radical (unpaired) electrons. The highest BCUT2D eigenvalue weighted by atomic mass is 32.2. The van der Waals surface area contributed by atoms with Crippen molar-refractivity contribution in [3.8, 4) is 0 Å². The number of H-pyrrole nitrogens is 1. The maximum atomic E-state index is 13.1. The SMILES string of the molecule is Cc1ccc2nc(SCC(=O)n3c4c(c5ccccc53)CCCC4)[nH]c2c1. The molecule has 0 saturated carbocycles. The molecule has 2 aromatic carbocycles. The molecule has 0 bridgehead atoms. The van der Waals surface area contributed by atoms with Crippen LogP contribution in [0, 0.1) is 6.92 Å². The van der Waals surface area contributed by atoms with Gasteiger partial charge in [-0.25, -0.2) is 4.98 Å². The van der Waals surface area contributed by atoms with Crippen molar-refractivity contribution in [1.29, 1.82) is 0 Å². The van der Waals surface area contributed by atoms with Crippen LogP contribution in [0.2, 0.25) is 0 Å². The molecule has 0 saturated heterocycles. The van der Waals surface area contributed by atoms with E-state index in [1.807, 2.05) is 16.7 Å². The zero-order valence-corrected chi connectivity index (χ0v) is 16.1. The van der Waals surface area contributed by atoms with Crippen LogP contribution < -0.4 is 0 Å². The number of hydrogen-bond acceptors (Lipinski definition) is 3. The number of nitrogens with zero attached hydrogens (tertiary/aromatic N) is 2. The van der Waals surface area contributed by atoms with Gasteiger partial charge in [-0.2, -0.15) is 0 Å². The highest BCUT2D eigenvalue weighted by molar-refractivity contribution is 7.99. The number of hydrogen-bond donors (Lipinski definition) is 1. The maximum absolute atomic E-state index is 13.1. The van der Waals surface area contributed by atoms with E-state index in [4.69, 9.17) is 0 Å². The fraction of sp³-hybridized carbons (Fsp3) is 0.273. The standard InChI is InChI=1S/C22H21N3OS/c1-14-10-11-17-18(12-14)24-22(23-17)27-13-21(26)25-19-8-4-2-6-15(19)16-7-3-5-9-20(16)25/h2,4,6,8,10-12H,3,5,7,9,13H2,1H3,(H,23,24). The Bertz CT molecular complexity index is 1170. The molecule has 4 nitrogen and oxygen atoms in total. The van der Waals surface area contributed by atoms with E-state index in [2.05, 4.69) is 47.2 Å². The number of benzene rings is 2. The molecule has 0 spiro atoms. The summed E-state index contributed by atoms with van der Waals surface area (Å²) in [6, 6.07) is 14.5. The molecule has 0 atom stereocenters. The Hall–Kier alpha value is -2.53. The number of nitrogens with one attached hydrogen (secondary N) is 1. The summed E-state index contributed by atoms with van der Waals surface area (Å²) in [6.45, 7) is 2.07. The second-order valence-corrected chi connectivity index (χ2v) is 8.19. The molecule has 4 aromatic rings. The number of rotatable bonds is 3. The lowest BCUT2D eigenvalue weighted by Gasteiger charge is -2.14. The number of carbonyl (C=O) groups excluding carboxylic acids is 1. The van der Waals surface area contributed by atoms with Gasteiger partial charge in [0.1, 0.15) is 0 Å². The summed E-state index contributed by atoms with van der Waals surface area (Å²) in [5.74, 6) is 0.514. The minimum Gasteiger partial charge on any atom is -0.333 e. The van der Waals surface area contributed by atoms with Gasteiger partial charge in [0.2, 0.25) is 5.91 Å². The third-order valence-electron chi connectivity index (χ3n) is 5.38. The molecule has 2 aromatic heterocycles. The number of fused-ring (bicyclic) bond motifs is 4. The van der Waals surface area contributed by atoms with Crippen LogP contribution in [0.3, 0.4) is 0 Å². The van der Waals surface area contributed by atoms with Gasteiger partial charge in [-0.3, -0.25) is 9.36 Å². The fourth-order valence-electron chi connectivity index (χ4n) is 4.14. The lowest BCUT2D eigenvalue weighted by molar-refractivity contribution is 0.0943. The van der Waals surface area contributed by atoms with Crippen molar-refractivity contribution in [2.24, 2.45) is 0 Å². The van der Waals surface area contributed by atoms with E-state index in [0.717, 1.165) is 41.0 Å². The molecule has 0 amide bonds. The van der Waals surface area contributed by atoms with Gasteiger partial charge in [0.25, 0.3) is 0 Å². The summed E-state index contributed by atoms with van der Waals surface area (Å²) in [5, 5.41) is 2.04. The van der Waals surface area contributed by atoms with Crippen LogP contribution >= 0.6 is 11.8 Å². The Morgan fingerprint density at radius 2 is 2.04 bits per heavy atom. The van der Waals surface area contributed by atoms with Crippen LogP contribution in [0.4, 0.5) is 0 Å². The van der Waals surface area contributed by atoms with Gasteiger partial charge in [-0.1, -0.05) is 36.0 Å². The van der Waals surface area contributed by atoms with Gasteiger partial charge in [0.05, 0.1) is 22.3 Å². The molecule has 0 fully saturated rings. The summed E-state index contributed by atoms with van der Waals surface area (Å²) < 4.78 is 1.96. The number of carbonyl (C=O) groups is 1. The topological polar surface area (TPSA) is 50.7 Å². The quantitative estimate of drug-likeness (QED) is 0.505. The predicted molar refractivity (Wildman–Crippen MR) is 111 cm³/mol. The second kappa shape index (κ2) is 6.57. The van der Waals surface area contributed by atoms with Gasteiger partial charge in [-0.15, -0.1) is 0 Å². The zero-order valence-electron chi connectivity index (χ0n) is 15.3. The first-order valence-electron chi connectivity index (χ1n) is 9.44. The number of aromatic nitrogens is 3. The van der Waals surface area contributed by atoms with Gasteiger partial charge < -0.3 is 4.98 Å². The van der Waals surface area contributed by atoms with Gasteiger partial charge in [-0.05, 0) is 61.9 Å². The van der Waals surface area contributed by atoms with Crippen LogP contribution in [0.1, 0.15) is 34.5 Å². The zero-order chi connectivity index (χ0) is 18.4. The van der Waals surface area contributed by atoms with E-state index in [-0.39, 0.29) is 5.91 Å². The summed E-state index contributed by atoms with van der Waals surface area (Å²) in [7, 11) is 0. The van der Waals surface area contributed by atoms with E-state index in [1.165, 1.54) is 40.4 Å². The highest BCUT2D eigenvalue weighted by Crippen LogP contribution is 2.32. The van der Waals surface area contributed by atoms with Crippen molar-refractivity contribution < 1.29 is 4.79 Å². The maximum Gasteiger partial charge on any atom is 0.241 e. The minimum atomic E-state index is 0.135. The molecule has 2 heterocycles. The van der Waals surface area contributed by atoms with Gasteiger partial charge >= 0.3 is 0 Å². The van der Waals surface area contributed by atoms with Crippen LogP contribution in [-0.2, 0) is 12.8 Å². The van der Waals surface area contributed by atoms with Crippen molar-refractivity contribution in [2.45, 2.75) is 37.8 Å². The van der Waals surface area contributed by atoms with Crippen molar-refractivity contribution in [2.75, 3.05) is 5.75 Å². The predicted octanol–water partition coefficient (Wildman–Crippen LogP) is 5.14. The molecule has 136 valence electrons. The molecule has 27 heavy (non-hydrogen) atoms. The van der Waals surface area contributed by atoms with Crippen LogP contribution in [0.15, 0.2) is 47.6 Å². The Kier molecular flexibility index (Phi) is 4.05. The van der Waals surface area contributed by atoms with Crippen molar-refractivity contribution in [1.82, 2.24) is 14.5 Å². The van der Waals surface area contributed by atoms with Crippen LogP contribution in [-0.4, -0.2) is 26.2 Å². The van der Waals surface area contributed by atoms with Crippen LogP contribution in [0.5, 0.6) is 0 Å². The van der Waals surface area contributed by atoms with E-state index in [9.17, 15) is 4.79 Å². The number of thioether (sulfide) groups is 1. The monoisotopic (exact) mass is 375 g/mol. The molecule has 1 aliphatic rings. The molecule has 0 aliphatic heterocycles. The number of imidazole rings is 1. The first-order chi connectivity index (χ1) is 13.2. The number of aryl methyl sites for hydroxylation is 2. The van der Waals surface area contributed by atoms with Crippen molar-refractivity contribution in [3.63, 3.8) is 0 Å². The van der Waals surface area contributed by atoms with E-state index in [0.29, 0.717) is 5.75 Å². The van der Waals surface area contributed by atoms with E-state index >= 15 is 0 Å². The Morgan fingerprint density at radius 3 is 2.96 bits per heavy atom. The first-order valence-corrected chi connectivity index (χ1v) is 10.4. The van der Waals surface area contributed by atoms with Crippen LogP contribution in [0.25, 0.3) is 21.9 Å². The second-order valence-electron chi connectivity index (χ2n) is 7.23. The van der Waals surface area contributed by atoms with Crippen molar-refractivity contribution in [3.05, 3.63) is 59.3 Å². The lowest BCUT2D eigenvalue weighted by atomic mass is 9.96. The Balaban J connectivity index is 1.45. The third kappa shape index (κ3) is 2.86. The molecule has 5 rings (SSSR count). The summed E-state index contributed by atoms with van der Waals surface area (Å²) >= 11 is 1.48. The molecule has 5 heteroatoms. The molecule has 1 aliphatic carbocycles. The Labute approximate surface area is 162 Å². The Morgan fingerprint density at radius 1 is 1.19 bits per heavy atom. The summed E-state index contributed by atoms with van der Waals surface area (Å²) in [6.07, 6.45) is 4.44. The van der Waals surface area contributed by atoms with Gasteiger partial charge in [0, 0.05) is 11.1 Å². The summed E-state index contributed by atoms with van der Waals surface area (Å²) in [4.78, 5) is 21.1. The average molecular weight is 375 g/mol. The molecular formula is C22H21N3OS. The summed E-state index contributed by atoms with van der Waals surface area (Å²) in [5.41, 5.74) is 6.80. The van der Waals surface area contributed by atoms with E-state index in [1.54, 1.807) is 0 Å². The van der Waals surface area contributed by atoms with Crippen molar-refractivity contribution >= 4 is 39.6 Å². The largest absolute Gasteiger partial charge is 0.333 e. The molecular weight excluding hydrogens is 354 g/mol. The van der Waals surface area contributed by atoms with Gasteiger partial charge in [0.15, 0.2) is 5.16 Å².